The lowest BCUT2D eigenvalue weighted by molar-refractivity contribution is -0.123. The predicted molar refractivity (Wildman–Crippen MR) is 170 cm³/mol. The highest BCUT2D eigenvalue weighted by atomic mass is 35.5. The van der Waals surface area contributed by atoms with Gasteiger partial charge in [0, 0.05) is 29.9 Å². The minimum atomic E-state index is -0.408. The number of carbonyl (C=O) groups excluding carboxylic acids is 2. The summed E-state index contributed by atoms with van der Waals surface area (Å²) in [6.45, 7) is 6.39. The van der Waals surface area contributed by atoms with Crippen LogP contribution in [0.1, 0.15) is 48.4 Å². The number of methoxy groups -OCH3 is 2. The molecule has 5 rings (SSSR count). The van der Waals surface area contributed by atoms with E-state index in [1.54, 1.807) is 37.4 Å². The molecule has 1 aliphatic heterocycles. The summed E-state index contributed by atoms with van der Waals surface area (Å²) in [7, 11) is 3.19. The number of nitrogens with zero attached hydrogens (tertiary/aromatic N) is 4. The summed E-state index contributed by atoms with van der Waals surface area (Å²) in [6.07, 6.45) is 3.35. The number of carbonyl (C=O) groups is 2. The summed E-state index contributed by atoms with van der Waals surface area (Å²) in [6, 6.07) is 16.8. The third kappa shape index (κ3) is 6.35. The zero-order valence-corrected chi connectivity index (χ0v) is 26.3. The Balaban J connectivity index is 1.68. The third-order valence-electron chi connectivity index (χ3n) is 7.13. The van der Waals surface area contributed by atoms with Gasteiger partial charge in [0.2, 0.25) is 11.8 Å². The first-order valence-electron chi connectivity index (χ1n) is 13.8. The summed E-state index contributed by atoms with van der Waals surface area (Å²) >= 11 is 8.21. The predicted octanol–water partition coefficient (Wildman–Crippen LogP) is 5.72. The number of halogens is 1. The zero-order chi connectivity index (χ0) is 30.7. The molecule has 43 heavy (non-hydrogen) atoms. The van der Waals surface area contributed by atoms with Gasteiger partial charge in [0.15, 0.2) is 11.5 Å². The van der Waals surface area contributed by atoms with Crippen LogP contribution in [0.2, 0.25) is 5.02 Å². The first-order chi connectivity index (χ1) is 20.6. The highest BCUT2D eigenvalue weighted by Crippen LogP contribution is 2.49. The third-order valence-corrected chi connectivity index (χ3v) is 8.71. The number of anilines is 1. The van der Waals surface area contributed by atoms with Gasteiger partial charge in [-0.3, -0.25) is 19.5 Å². The van der Waals surface area contributed by atoms with E-state index in [-0.39, 0.29) is 29.4 Å². The Hall–Kier alpha value is -4.02. The van der Waals surface area contributed by atoms with Gasteiger partial charge in [-0.25, -0.2) is 4.68 Å². The van der Waals surface area contributed by atoms with Crippen LogP contribution in [0.5, 0.6) is 11.5 Å². The number of aromatic nitrogens is 3. The molecule has 2 aromatic carbocycles. The number of hydrogen-bond acceptors (Lipinski definition) is 7. The van der Waals surface area contributed by atoms with Gasteiger partial charge in [-0.2, -0.15) is 5.10 Å². The lowest BCUT2D eigenvalue weighted by Gasteiger charge is -2.25. The van der Waals surface area contributed by atoms with Crippen LogP contribution in [0.3, 0.4) is 0 Å². The minimum Gasteiger partial charge on any atom is -0.493 e. The molecular weight excluding hydrogens is 586 g/mol. The van der Waals surface area contributed by atoms with Crippen LogP contribution in [-0.4, -0.2) is 53.1 Å². The van der Waals surface area contributed by atoms with E-state index in [4.69, 9.17) is 26.2 Å². The largest absolute Gasteiger partial charge is 0.493 e. The molecule has 0 fully saturated rings. The first kappa shape index (κ1) is 30.4. The smallest absolute Gasteiger partial charge is 0.240 e. The number of ether oxygens (including phenoxy) is 2. The Bertz CT molecular complexity index is 1640. The van der Waals surface area contributed by atoms with E-state index in [9.17, 15) is 9.59 Å². The lowest BCUT2D eigenvalue weighted by Crippen LogP contribution is -2.42. The fourth-order valence-corrected chi connectivity index (χ4v) is 6.45. The van der Waals surface area contributed by atoms with Crippen molar-refractivity contribution in [3.8, 4) is 17.2 Å². The van der Waals surface area contributed by atoms with Crippen LogP contribution in [0, 0.1) is 0 Å². The van der Waals surface area contributed by atoms with Gasteiger partial charge in [0.1, 0.15) is 12.4 Å². The molecule has 2 amide bonds. The number of rotatable bonds is 8. The van der Waals surface area contributed by atoms with Gasteiger partial charge in [-0.1, -0.05) is 50.6 Å². The topological polar surface area (TPSA) is 98.6 Å². The maximum absolute atomic E-state index is 13.9. The van der Waals surface area contributed by atoms with Crippen molar-refractivity contribution in [3.05, 3.63) is 94.4 Å². The molecule has 4 aromatic rings. The fraction of sp³-hybridized carbons (Fsp3) is 0.312. The SMILES string of the molecule is COc1ccc(C2SCC(=O)N(CC(=O)NCc3ccncc3)c3c2c(C(C)(C)C)nn3-c2ccccc2Cl)cc1OC. The van der Waals surface area contributed by atoms with Gasteiger partial charge in [0.05, 0.1) is 41.6 Å². The van der Waals surface area contributed by atoms with Crippen molar-refractivity contribution in [1.29, 1.82) is 0 Å². The molecule has 1 aliphatic rings. The Labute approximate surface area is 260 Å². The Morgan fingerprint density at radius 3 is 2.47 bits per heavy atom. The molecule has 3 heterocycles. The highest BCUT2D eigenvalue weighted by Gasteiger charge is 2.40. The van der Waals surface area contributed by atoms with E-state index in [0.717, 1.165) is 22.4 Å². The lowest BCUT2D eigenvalue weighted by atomic mass is 9.87. The molecule has 2 aromatic heterocycles. The van der Waals surface area contributed by atoms with E-state index in [1.165, 1.54) is 16.7 Å². The highest BCUT2D eigenvalue weighted by molar-refractivity contribution is 8.00. The molecule has 1 N–H and O–H groups in total. The summed E-state index contributed by atoms with van der Waals surface area (Å²) < 4.78 is 12.8. The fourth-order valence-electron chi connectivity index (χ4n) is 5.04. The van der Waals surface area contributed by atoms with E-state index >= 15 is 0 Å². The molecule has 0 saturated heterocycles. The normalized spacial score (nSPS) is 15.1. The van der Waals surface area contributed by atoms with Crippen molar-refractivity contribution in [2.24, 2.45) is 0 Å². The summed E-state index contributed by atoms with van der Waals surface area (Å²) in [5, 5.41) is 8.22. The monoisotopic (exact) mass is 619 g/mol. The van der Waals surface area contributed by atoms with Crippen molar-refractivity contribution in [2.75, 3.05) is 31.4 Å². The molecule has 0 saturated carbocycles. The quantitative estimate of drug-likeness (QED) is 0.269. The van der Waals surface area contributed by atoms with Gasteiger partial charge in [0.25, 0.3) is 0 Å². The van der Waals surface area contributed by atoms with Gasteiger partial charge in [-0.15, -0.1) is 11.8 Å². The zero-order valence-electron chi connectivity index (χ0n) is 24.8. The maximum atomic E-state index is 13.9. The number of pyridine rings is 1. The Kier molecular flexibility index (Phi) is 8.98. The molecule has 1 unspecified atom stereocenters. The molecular formula is C32H34ClN5O4S. The summed E-state index contributed by atoms with van der Waals surface area (Å²) in [4.78, 5) is 32.8. The molecule has 0 spiro atoms. The van der Waals surface area contributed by atoms with E-state index in [0.29, 0.717) is 34.6 Å². The van der Waals surface area contributed by atoms with Crippen molar-refractivity contribution in [3.63, 3.8) is 0 Å². The molecule has 1 atom stereocenters. The minimum absolute atomic E-state index is 0.150. The molecule has 0 bridgehead atoms. The number of thioether (sulfide) groups is 1. The van der Waals surface area contributed by atoms with Crippen LogP contribution in [0.15, 0.2) is 67.0 Å². The first-order valence-corrected chi connectivity index (χ1v) is 15.2. The van der Waals surface area contributed by atoms with Crippen LogP contribution in [0.25, 0.3) is 5.69 Å². The number of fused-ring (bicyclic) bond motifs is 1. The molecule has 9 nitrogen and oxygen atoms in total. The number of para-hydroxylation sites is 1. The summed E-state index contributed by atoms with van der Waals surface area (Å²) in [5.41, 5.74) is 3.68. The average molecular weight is 620 g/mol. The van der Waals surface area contributed by atoms with Crippen LogP contribution in [-0.2, 0) is 21.5 Å². The van der Waals surface area contributed by atoms with Crippen molar-refractivity contribution >= 4 is 41.0 Å². The number of benzene rings is 2. The van der Waals surface area contributed by atoms with Crippen LogP contribution in [0.4, 0.5) is 5.82 Å². The molecule has 11 heteroatoms. The number of nitrogens with one attached hydrogen (secondary N) is 1. The van der Waals surface area contributed by atoms with Crippen molar-refractivity contribution in [2.45, 2.75) is 38.0 Å². The second kappa shape index (κ2) is 12.7. The molecule has 0 radical (unpaired) electrons. The standard InChI is InChI=1S/C32H34ClN5O4S/c1-32(2,3)30-28-29(21-10-11-24(41-4)25(16-21)42-5)43-19-27(40)37(18-26(39)35-17-20-12-14-34-15-13-20)31(28)38(36-30)23-9-7-6-8-22(23)33/h6-16,29H,17-19H2,1-5H3,(H,35,39). The van der Waals surface area contributed by atoms with Crippen LogP contribution >= 0.6 is 23.4 Å². The van der Waals surface area contributed by atoms with E-state index in [1.807, 2.05) is 48.5 Å². The molecule has 224 valence electrons. The van der Waals surface area contributed by atoms with E-state index in [2.05, 4.69) is 31.1 Å². The van der Waals surface area contributed by atoms with Crippen molar-refractivity contribution in [1.82, 2.24) is 20.1 Å². The van der Waals surface area contributed by atoms with Gasteiger partial charge < -0.3 is 14.8 Å². The van der Waals surface area contributed by atoms with Gasteiger partial charge in [-0.05, 0) is 47.5 Å². The Morgan fingerprint density at radius 2 is 1.79 bits per heavy atom. The van der Waals surface area contributed by atoms with E-state index < -0.39 is 5.41 Å². The number of amides is 2. The second-order valence-electron chi connectivity index (χ2n) is 11.1. The molecule has 0 aliphatic carbocycles. The second-order valence-corrected chi connectivity index (χ2v) is 12.6. The number of hydrogen-bond donors (Lipinski definition) is 1. The maximum Gasteiger partial charge on any atom is 0.240 e. The Morgan fingerprint density at radius 1 is 1.07 bits per heavy atom. The van der Waals surface area contributed by atoms with Gasteiger partial charge >= 0.3 is 0 Å². The van der Waals surface area contributed by atoms with Crippen molar-refractivity contribution < 1.29 is 19.1 Å². The average Bonchev–Trinajstić information content (AvgIpc) is 3.33. The summed E-state index contributed by atoms with van der Waals surface area (Å²) in [5.74, 6) is 1.36. The van der Waals surface area contributed by atoms with Crippen LogP contribution < -0.4 is 19.7 Å².